The second-order valence-electron chi connectivity index (χ2n) is 7.13. The van der Waals surface area contributed by atoms with E-state index in [1.54, 1.807) is 32.2 Å². The standard InChI is InChI=1S/C21H23ClN4O3/c1-21(11-18(27)24-12-14-5-4-8-17(10-14)29-2)19(28)26(20(23)25-21)13-15-6-3-7-16(22)9-15/h3-10H,11-13H2,1-2H3,(H2,23,25)(H,24,27). The molecule has 152 valence electrons. The quantitative estimate of drug-likeness (QED) is 0.649. The van der Waals surface area contributed by atoms with Crippen molar-refractivity contribution < 1.29 is 14.3 Å². The molecule has 1 heterocycles. The molecule has 0 spiro atoms. The van der Waals surface area contributed by atoms with Gasteiger partial charge in [-0.05, 0) is 42.3 Å². The number of amides is 2. The van der Waals surface area contributed by atoms with Crippen LogP contribution >= 0.6 is 11.6 Å². The van der Waals surface area contributed by atoms with Gasteiger partial charge in [-0.1, -0.05) is 35.9 Å². The maximum absolute atomic E-state index is 12.9. The molecule has 3 rings (SSSR count). The minimum absolute atomic E-state index is 0.0296. The highest BCUT2D eigenvalue weighted by molar-refractivity contribution is 6.30. The third-order valence-electron chi connectivity index (χ3n) is 4.75. The summed E-state index contributed by atoms with van der Waals surface area (Å²) in [6, 6.07) is 14.5. The molecule has 1 fully saturated rings. The van der Waals surface area contributed by atoms with Crippen LogP contribution in [0.4, 0.5) is 0 Å². The molecule has 0 saturated carbocycles. The number of methoxy groups -OCH3 is 1. The number of ether oxygens (including phenoxy) is 1. The van der Waals surface area contributed by atoms with E-state index in [0.29, 0.717) is 17.3 Å². The fourth-order valence-corrected chi connectivity index (χ4v) is 3.45. The van der Waals surface area contributed by atoms with Gasteiger partial charge in [0.15, 0.2) is 5.96 Å². The van der Waals surface area contributed by atoms with Crippen LogP contribution in [0, 0.1) is 5.41 Å². The highest BCUT2D eigenvalue weighted by atomic mass is 35.5. The molecule has 0 bridgehead atoms. The van der Waals surface area contributed by atoms with Gasteiger partial charge in [0.05, 0.1) is 20.1 Å². The Balaban J connectivity index is 1.61. The topological polar surface area (TPSA) is 94.5 Å². The molecular weight excluding hydrogens is 392 g/mol. The van der Waals surface area contributed by atoms with Crippen molar-refractivity contribution >= 4 is 29.4 Å². The number of hydrogen-bond donors (Lipinski definition) is 3. The van der Waals surface area contributed by atoms with Crippen LogP contribution in [-0.2, 0) is 22.7 Å². The third-order valence-corrected chi connectivity index (χ3v) is 4.98. The first kappa shape index (κ1) is 20.7. The largest absolute Gasteiger partial charge is 0.497 e. The molecule has 2 aromatic carbocycles. The first-order valence-corrected chi connectivity index (χ1v) is 9.51. The van der Waals surface area contributed by atoms with Gasteiger partial charge in [0.2, 0.25) is 5.91 Å². The fourth-order valence-electron chi connectivity index (χ4n) is 3.24. The van der Waals surface area contributed by atoms with Crippen LogP contribution in [0.5, 0.6) is 5.75 Å². The molecule has 1 aliphatic heterocycles. The van der Waals surface area contributed by atoms with Crippen molar-refractivity contribution in [3.63, 3.8) is 0 Å². The van der Waals surface area contributed by atoms with Crippen LogP contribution in [0.25, 0.3) is 0 Å². The molecule has 0 aliphatic carbocycles. The summed E-state index contributed by atoms with van der Waals surface area (Å²) in [7, 11) is 1.58. The van der Waals surface area contributed by atoms with Gasteiger partial charge < -0.3 is 15.4 Å². The lowest BCUT2D eigenvalue weighted by Gasteiger charge is -2.21. The van der Waals surface area contributed by atoms with Crippen LogP contribution in [0.2, 0.25) is 5.02 Å². The molecule has 1 unspecified atom stereocenters. The van der Waals surface area contributed by atoms with Crippen LogP contribution in [0.1, 0.15) is 24.5 Å². The maximum Gasteiger partial charge on any atom is 0.255 e. The molecule has 3 N–H and O–H groups in total. The number of guanidine groups is 1. The molecule has 2 amide bonds. The van der Waals surface area contributed by atoms with E-state index in [2.05, 4.69) is 10.6 Å². The first-order valence-electron chi connectivity index (χ1n) is 9.13. The Morgan fingerprint density at radius 3 is 2.69 bits per heavy atom. The summed E-state index contributed by atoms with van der Waals surface area (Å²) in [5.74, 6) is 0.0760. The fraction of sp³-hybridized carbons (Fsp3) is 0.286. The summed E-state index contributed by atoms with van der Waals surface area (Å²) in [5.41, 5.74) is 0.529. The summed E-state index contributed by atoms with van der Waals surface area (Å²) in [5, 5.41) is 14.4. The monoisotopic (exact) mass is 414 g/mol. The van der Waals surface area contributed by atoms with E-state index in [0.717, 1.165) is 11.1 Å². The minimum atomic E-state index is -1.17. The highest BCUT2D eigenvalue weighted by Crippen LogP contribution is 2.23. The summed E-state index contributed by atoms with van der Waals surface area (Å²) >= 11 is 6.00. The number of halogens is 1. The van der Waals surface area contributed by atoms with Gasteiger partial charge in [-0.3, -0.25) is 19.9 Å². The predicted octanol–water partition coefficient (Wildman–Crippen LogP) is 2.68. The van der Waals surface area contributed by atoms with E-state index in [-0.39, 0.29) is 30.7 Å². The molecule has 7 nitrogen and oxygen atoms in total. The number of rotatable bonds is 7. The molecule has 1 atom stereocenters. The molecule has 1 saturated heterocycles. The Labute approximate surface area is 174 Å². The molecule has 0 radical (unpaired) electrons. The van der Waals surface area contributed by atoms with Crippen molar-refractivity contribution in [2.45, 2.75) is 32.0 Å². The van der Waals surface area contributed by atoms with Gasteiger partial charge in [0.1, 0.15) is 11.3 Å². The Morgan fingerprint density at radius 2 is 1.97 bits per heavy atom. The van der Waals surface area contributed by atoms with E-state index in [4.69, 9.17) is 21.7 Å². The summed E-state index contributed by atoms with van der Waals surface area (Å²) in [4.78, 5) is 26.7. The molecule has 29 heavy (non-hydrogen) atoms. The van der Waals surface area contributed by atoms with Crippen LogP contribution < -0.4 is 15.4 Å². The van der Waals surface area contributed by atoms with Crippen molar-refractivity contribution in [2.75, 3.05) is 7.11 Å². The SMILES string of the molecule is COc1cccc(CNC(=O)CC2(C)NC(=N)N(Cc3cccc(Cl)c3)C2=O)c1. The number of carbonyl (C=O) groups excluding carboxylic acids is 2. The number of carbonyl (C=O) groups is 2. The van der Waals surface area contributed by atoms with Gasteiger partial charge >= 0.3 is 0 Å². The normalized spacial score (nSPS) is 18.5. The highest BCUT2D eigenvalue weighted by Gasteiger charge is 2.47. The van der Waals surface area contributed by atoms with E-state index < -0.39 is 5.54 Å². The van der Waals surface area contributed by atoms with Gasteiger partial charge in [0, 0.05) is 11.6 Å². The molecular formula is C21H23ClN4O3. The zero-order valence-electron chi connectivity index (χ0n) is 16.3. The Bertz CT molecular complexity index is 949. The lowest BCUT2D eigenvalue weighted by atomic mass is 9.97. The lowest BCUT2D eigenvalue weighted by Crippen LogP contribution is -2.47. The molecule has 0 aromatic heterocycles. The van der Waals surface area contributed by atoms with Crippen molar-refractivity contribution in [3.8, 4) is 5.75 Å². The van der Waals surface area contributed by atoms with Gasteiger partial charge in [-0.15, -0.1) is 0 Å². The summed E-state index contributed by atoms with van der Waals surface area (Å²) in [6.45, 7) is 2.17. The average Bonchev–Trinajstić information content (AvgIpc) is 2.89. The maximum atomic E-state index is 12.9. The Morgan fingerprint density at radius 1 is 1.24 bits per heavy atom. The van der Waals surface area contributed by atoms with Crippen LogP contribution in [0.15, 0.2) is 48.5 Å². The van der Waals surface area contributed by atoms with E-state index in [1.165, 1.54) is 4.90 Å². The summed E-state index contributed by atoms with van der Waals surface area (Å²) in [6.07, 6.45) is -0.0791. The third kappa shape index (κ3) is 4.86. The van der Waals surface area contributed by atoms with Crippen molar-refractivity contribution in [3.05, 3.63) is 64.7 Å². The molecule has 2 aromatic rings. The van der Waals surface area contributed by atoms with Gasteiger partial charge in [0.25, 0.3) is 5.91 Å². The van der Waals surface area contributed by atoms with Crippen LogP contribution in [0.3, 0.4) is 0 Å². The molecule has 8 heteroatoms. The van der Waals surface area contributed by atoms with Crippen LogP contribution in [-0.4, -0.2) is 35.3 Å². The number of nitrogens with zero attached hydrogens (tertiary/aromatic N) is 1. The average molecular weight is 415 g/mol. The first-order chi connectivity index (χ1) is 13.8. The van der Waals surface area contributed by atoms with E-state index >= 15 is 0 Å². The Kier molecular flexibility index (Phi) is 6.08. The molecule has 1 aliphatic rings. The van der Waals surface area contributed by atoms with Crippen molar-refractivity contribution in [1.82, 2.24) is 15.5 Å². The minimum Gasteiger partial charge on any atom is -0.497 e. The Hall–Kier alpha value is -3.06. The van der Waals surface area contributed by atoms with Gasteiger partial charge in [-0.2, -0.15) is 0 Å². The second-order valence-corrected chi connectivity index (χ2v) is 7.57. The zero-order chi connectivity index (χ0) is 21.0. The van der Waals surface area contributed by atoms with Crippen molar-refractivity contribution in [2.24, 2.45) is 0 Å². The second kappa shape index (κ2) is 8.53. The van der Waals surface area contributed by atoms with E-state index in [1.807, 2.05) is 30.3 Å². The van der Waals surface area contributed by atoms with Crippen molar-refractivity contribution in [1.29, 1.82) is 5.41 Å². The number of benzene rings is 2. The number of nitrogens with one attached hydrogen (secondary N) is 3. The number of hydrogen-bond acceptors (Lipinski definition) is 4. The lowest BCUT2D eigenvalue weighted by molar-refractivity contribution is -0.134. The summed E-state index contributed by atoms with van der Waals surface area (Å²) < 4.78 is 5.17. The smallest absolute Gasteiger partial charge is 0.255 e. The van der Waals surface area contributed by atoms with E-state index in [9.17, 15) is 9.59 Å². The predicted molar refractivity (Wildman–Crippen MR) is 111 cm³/mol. The zero-order valence-corrected chi connectivity index (χ0v) is 17.0. The van der Waals surface area contributed by atoms with Gasteiger partial charge in [-0.25, -0.2) is 0 Å².